The van der Waals surface area contributed by atoms with E-state index in [1.807, 2.05) is 0 Å². The van der Waals surface area contributed by atoms with Crippen LogP contribution in [0, 0.1) is 0 Å². The average Bonchev–Trinajstić information content (AvgIpc) is 3.55. The summed E-state index contributed by atoms with van der Waals surface area (Å²) in [5, 5.41) is 5.72. The lowest BCUT2D eigenvalue weighted by Gasteiger charge is -2.13. The SMILES string of the molecule is C1CN1.CNC(CC(C)=O)C(=O)OCCOC.COCCOC(=O)C(N)CC(C)=O. The molecule has 0 bridgehead atoms. The molecule has 30 heavy (non-hydrogen) atoms. The van der Waals surface area contributed by atoms with Crippen LogP contribution < -0.4 is 16.4 Å². The highest BCUT2D eigenvalue weighted by Crippen LogP contribution is 1.96. The van der Waals surface area contributed by atoms with Gasteiger partial charge in [0.1, 0.15) is 36.9 Å². The van der Waals surface area contributed by atoms with Crippen molar-refractivity contribution >= 4 is 23.5 Å². The number of esters is 2. The molecule has 0 aromatic carbocycles. The van der Waals surface area contributed by atoms with Crippen LogP contribution in [-0.4, -0.2) is 96.4 Å². The van der Waals surface area contributed by atoms with E-state index in [1.165, 1.54) is 41.2 Å². The monoisotopic (exact) mass is 435 g/mol. The number of nitrogens with two attached hydrogens (primary N) is 1. The Morgan fingerprint density at radius 3 is 1.63 bits per heavy atom. The van der Waals surface area contributed by atoms with Crippen LogP contribution in [0.25, 0.3) is 0 Å². The smallest absolute Gasteiger partial charge is 0.323 e. The maximum absolute atomic E-state index is 11.3. The van der Waals surface area contributed by atoms with Crippen LogP contribution in [0.1, 0.15) is 26.7 Å². The number of Topliss-reactive ketones (excluding diaryl/α,β-unsaturated/α-hetero) is 2. The van der Waals surface area contributed by atoms with Crippen molar-refractivity contribution < 1.29 is 38.1 Å². The second-order valence-corrected chi connectivity index (χ2v) is 6.33. The fourth-order valence-corrected chi connectivity index (χ4v) is 1.64. The fourth-order valence-electron chi connectivity index (χ4n) is 1.64. The molecule has 176 valence electrons. The summed E-state index contributed by atoms with van der Waals surface area (Å²) in [6.07, 6.45) is 0.175. The van der Waals surface area contributed by atoms with Gasteiger partial charge in [-0.15, -0.1) is 0 Å². The van der Waals surface area contributed by atoms with Gasteiger partial charge < -0.3 is 35.3 Å². The molecule has 1 saturated heterocycles. The number of likely N-dealkylation sites (N-methyl/N-ethyl adjacent to an activating group) is 1. The molecule has 1 aliphatic heterocycles. The number of hydrogen-bond acceptors (Lipinski definition) is 11. The molecule has 0 amide bonds. The van der Waals surface area contributed by atoms with Crippen molar-refractivity contribution in [3.63, 3.8) is 0 Å². The van der Waals surface area contributed by atoms with Crippen LogP contribution >= 0.6 is 0 Å². The molecule has 11 nitrogen and oxygen atoms in total. The number of carbonyl (C=O) groups excluding carboxylic acids is 4. The fraction of sp³-hybridized carbons (Fsp3) is 0.789. The average molecular weight is 436 g/mol. The van der Waals surface area contributed by atoms with Crippen molar-refractivity contribution in [1.29, 1.82) is 0 Å². The van der Waals surface area contributed by atoms with Crippen LogP contribution in [0.2, 0.25) is 0 Å². The van der Waals surface area contributed by atoms with E-state index in [0.29, 0.717) is 13.2 Å². The lowest BCUT2D eigenvalue weighted by Crippen LogP contribution is -2.37. The van der Waals surface area contributed by atoms with E-state index in [2.05, 4.69) is 15.4 Å². The van der Waals surface area contributed by atoms with Crippen LogP contribution in [0.5, 0.6) is 0 Å². The zero-order valence-electron chi connectivity index (χ0n) is 18.7. The molecule has 11 heteroatoms. The standard InChI is InChI=1S/C9H17NO4.C8H15NO4.C2H5N/c1-7(11)6-8(10-2)9(12)14-5-4-13-3;1-6(10)5-7(9)8(11)13-4-3-12-2;1-2-3-1/h8,10H,4-6H2,1-3H3;7H,3-5,9H2,1-2H3;3H,1-2H2. The van der Waals surface area contributed by atoms with Crippen molar-refractivity contribution in [3.05, 3.63) is 0 Å². The Kier molecular flexibility index (Phi) is 20.5. The maximum Gasteiger partial charge on any atom is 0.323 e. The van der Waals surface area contributed by atoms with Crippen molar-refractivity contribution in [2.24, 2.45) is 5.73 Å². The zero-order chi connectivity index (χ0) is 23.4. The molecular weight excluding hydrogens is 398 g/mol. The van der Waals surface area contributed by atoms with E-state index < -0.39 is 24.0 Å². The third kappa shape index (κ3) is 22.4. The van der Waals surface area contributed by atoms with Gasteiger partial charge in [-0.05, 0) is 20.9 Å². The van der Waals surface area contributed by atoms with Gasteiger partial charge in [-0.1, -0.05) is 0 Å². The number of ether oxygens (including phenoxy) is 4. The predicted molar refractivity (Wildman–Crippen MR) is 110 cm³/mol. The van der Waals surface area contributed by atoms with Gasteiger partial charge in [0.2, 0.25) is 0 Å². The van der Waals surface area contributed by atoms with E-state index in [4.69, 9.17) is 19.9 Å². The van der Waals surface area contributed by atoms with Crippen LogP contribution in [-0.2, 0) is 38.1 Å². The second kappa shape index (κ2) is 20.4. The van der Waals surface area contributed by atoms with Crippen molar-refractivity contribution in [3.8, 4) is 0 Å². The summed E-state index contributed by atoms with van der Waals surface area (Å²) >= 11 is 0. The van der Waals surface area contributed by atoms with Gasteiger partial charge in [-0.2, -0.15) is 0 Å². The molecule has 0 spiro atoms. The molecule has 2 atom stereocenters. The molecule has 0 saturated carbocycles. The molecule has 0 radical (unpaired) electrons. The van der Waals surface area contributed by atoms with Crippen molar-refractivity contribution in [2.45, 2.75) is 38.8 Å². The lowest BCUT2D eigenvalue weighted by atomic mass is 10.1. The minimum atomic E-state index is -0.852. The molecule has 1 fully saturated rings. The van der Waals surface area contributed by atoms with Gasteiger partial charge in [0.05, 0.1) is 13.2 Å². The highest BCUT2D eigenvalue weighted by Gasteiger charge is 2.19. The summed E-state index contributed by atoms with van der Waals surface area (Å²) in [6.45, 7) is 6.39. The number of nitrogens with one attached hydrogen (secondary N) is 2. The van der Waals surface area contributed by atoms with E-state index >= 15 is 0 Å². The molecule has 0 aliphatic carbocycles. The number of hydrogen-bond donors (Lipinski definition) is 3. The molecule has 0 aromatic heterocycles. The van der Waals surface area contributed by atoms with E-state index in [0.717, 1.165) is 0 Å². The van der Waals surface area contributed by atoms with E-state index in [1.54, 1.807) is 7.05 Å². The van der Waals surface area contributed by atoms with Gasteiger partial charge in [-0.3, -0.25) is 19.2 Å². The van der Waals surface area contributed by atoms with Crippen LogP contribution in [0.3, 0.4) is 0 Å². The number of rotatable bonds is 13. The summed E-state index contributed by atoms with van der Waals surface area (Å²) in [5.74, 6) is -1.16. The Bertz CT molecular complexity index is 497. The summed E-state index contributed by atoms with van der Waals surface area (Å²) in [7, 11) is 4.65. The number of methoxy groups -OCH3 is 2. The zero-order valence-corrected chi connectivity index (χ0v) is 18.7. The first kappa shape index (κ1) is 30.3. The normalized spacial score (nSPS) is 13.4. The van der Waals surface area contributed by atoms with Crippen LogP contribution in [0.15, 0.2) is 0 Å². The number of ketones is 2. The van der Waals surface area contributed by atoms with Crippen molar-refractivity contribution in [1.82, 2.24) is 10.6 Å². The first-order chi connectivity index (χ1) is 14.2. The van der Waals surface area contributed by atoms with Gasteiger partial charge >= 0.3 is 11.9 Å². The maximum atomic E-state index is 11.3. The second-order valence-electron chi connectivity index (χ2n) is 6.33. The molecule has 1 rings (SSSR count). The summed E-state index contributed by atoms with van der Waals surface area (Å²) in [6, 6.07) is -1.40. The Morgan fingerprint density at radius 1 is 0.867 bits per heavy atom. The van der Waals surface area contributed by atoms with Gasteiger partial charge in [0.25, 0.3) is 0 Å². The Balaban J connectivity index is 0. The van der Waals surface area contributed by atoms with Gasteiger partial charge in [0.15, 0.2) is 0 Å². The Hall–Kier alpha value is -1.92. The third-order valence-electron chi connectivity index (χ3n) is 3.25. The molecule has 2 unspecified atom stereocenters. The first-order valence-electron chi connectivity index (χ1n) is 9.63. The molecule has 4 N–H and O–H groups in total. The summed E-state index contributed by atoms with van der Waals surface area (Å²) in [5.41, 5.74) is 5.36. The largest absolute Gasteiger partial charge is 0.462 e. The van der Waals surface area contributed by atoms with Crippen LogP contribution in [0.4, 0.5) is 0 Å². The molecule has 1 heterocycles. The number of carbonyl (C=O) groups is 4. The predicted octanol–water partition coefficient (Wildman–Crippen LogP) is -1.18. The summed E-state index contributed by atoms with van der Waals surface area (Å²) in [4.78, 5) is 43.6. The first-order valence-corrected chi connectivity index (χ1v) is 9.63. The molecule has 0 aromatic rings. The topological polar surface area (TPSA) is 165 Å². The highest BCUT2D eigenvalue weighted by molar-refractivity contribution is 5.85. The van der Waals surface area contributed by atoms with Crippen molar-refractivity contribution in [2.75, 3.05) is 60.8 Å². The van der Waals surface area contributed by atoms with Gasteiger partial charge in [0, 0.05) is 40.2 Å². The lowest BCUT2D eigenvalue weighted by molar-refractivity contribution is -0.148. The minimum Gasteiger partial charge on any atom is -0.462 e. The Morgan fingerprint density at radius 2 is 1.30 bits per heavy atom. The Labute approximate surface area is 178 Å². The third-order valence-corrected chi connectivity index (χ3v) is 3.25. The molecule has 1 aliphatic rings. The highest BCUT2D eigenvalue weighted by atomic mass is 16.6. The quantitative estimate of drug-likeness (QED) is 0.181. The summed E-state index contributed by atoms with van der Waals surface area (Å²) < 4.78 is 19.0. The van der Waals surface area contributed by atoms with E-state index in [-0.39, 0.29) is 37.6 Å². The van der Waals surface area contributed by atoms with E-state index in [9.17, 15) is 19.2 Å². The molecular formula is C19H37N3O8. The van der Waals surface area contributed by atoms with Gasteiger partial charge in [-0.25, -0.2) is 0 Å². The minimum absolute atomic E-state index is 0.0197.